The van der Waals surface area contributed by atoms with Crippen LogP contribution in [0.25, 0.3) is 11.3 Å². The van der Waals surface area contributed by atoms with E-state index in [0.29, 0.717) is 5.02 Å². The molecule has 0 atom stereocenters. The van der Waals surface area contributed by atoms with Crippen molar-refractivity contribution >= 4 is 27.4 Å². The predicted molar refractivity (Wildman–Crippen MR) is 69.1 cm³/mol. The number of H-pyrrole nitrogens is 1. The smallest absolute Gasteiger partial charge is 0.353 e. The van der Waals surface area contributed by atoms with Crippen molar-refractivity contribution in [3.63, 3.8) is 0 Å². The second-order valence-corrected chi connectivity index (χ2v) is 6.31. The summed E-state index contributed by atoms with van der Waals surface area (Å²) in [6.07, 6.45) is 1.06. The largest absolute Gasteiger partial charge is 0.477 e. The van der Waals surface area contributed by atoms with Crippen LogP contribution in [0.4, 0.5) is 0 Å². The molecule has 0 saturated carbocycles. The molecule has 1 aromatic carbocycles. The zero-order valence-corrected chi connectivity index (χ0v) is 11.3. The van der Waals surface area contributed by atoms with Crippen molar-refractivity contribution in [3.05, 3.63) is 35.0 Å². The van der Waals surface area contributed by atoms with Crippen LogP contribution in [0.2, 0.25) is 5.02 Å². The van der Waals surface area contributed by atoms with E-state index in [0.717, 1.165) is 6.26 Å². The molecule has 0 spiro atoms. The lowest BCUT2D eigenvalue weighted by Gasteiger charge is -2.05. The lowest BCUT2D eigenvalue weighted by Crippen LogP contribution is -2.00. The molecule has 2 aromatic rings. The normalized spacial score (nSPS) is 11.5. The molecule has 19 heavy (non-hydrogen) atoms. The van der Waals surface area contributed by atoms with Crippen molar-refractivity contribution < 1.29 is 18.3 Å². The number of nitrogens with one attached hydrogen (secondary N) is 1. The van der Waals surface area contributed by atoms with Crippen molar-refractivity contribution in [3.8, 4) is 11.3 Å². The molecular weight excluding hydrogens is 292 g/mol. The highest BCUT2D eigenvalue weighted by Crippen LogP contribution is 2.29. The van der Waals surface area contributed by atoms with E-state index in [4.69, 9.17) is 16.7 Å². The van der Waals surface area contributed by atoms with Gasteiger partial charge in [-0.15, -0.1) is 0 Å². The summed E-state index contributed by atoms with van der Waals surface area (Å²) in [5.74, 6) is -1.18. The van der Waals surface area contributed by atoms with Crippen LogP contribution in [-0.2, 0) is 9.84 Å². The number of carbonyl (C=O) groups is 1. The number of aromatic amines is 1. The molecule has 2 rings (SSSR count). The van der Waals surface area contributed by atoms with Crippen molar-refractivity contribution in [2.75, 3.05) is 6.26 Å². The molecule has 0 aliphatic rings. The van der Waals surface area contributed by atoms with Crippen molar-refractivity contribution in [1.29, 1.82) is 0 Å². The summed E-state index contributed by atoms with van der Waals surface area (Å²) in [5, 5.41) is 15.3. The summed E-state index contributed by atoms with van der Waals surface area (Å²) in [4.78, 5) is 10.8. The highest BCUT2D eigenvalue weighted by atomic mass is 35.5. The molecule has 1 heterocycles. The molecule has 0 unspecified atom stereocenters. The molecule has 0 saturated heterocycles. The molecule has 0 aliphatic carbocycles. The topological polar surface area (TPSA) is 100 Å². The van der Waals surface area contributed by atoms with E-state index in [1.54, 1.807) is 0 Å². The SMILES string of the molecule is CS(=O)(=O)c1ccc(Cl)cc1-c1cc(C(=O)O)[nH]n1. The Hall–Kier alpha value is -1.86. The van der Waals surface area contributed by atoms with Crippen LogP contribution in [0.5, 0.6) is 0 Å². The second kappa shape index (κ2) is 4.67. The van der Waals surface area contributed by atoms with Gasteiger partial charge < -0.3 is 5.11 Å². The minimum atomic E-state index is -3.47. The Morgan fingerprint density at radius 3 is 2.58 bits per heavy atom. The van der Waals surface area contributed by atoms with Crippen LogP contribution in [0, 0.1) is 0 Å². The first-order valence-corrected chi connectivity index (χ1v) is 7.34. The summed E-state index contributed by atoms with van der Waals surface area (Å²) >= 11 is 5.84. The van der Waals surface area contributed by atoms with Crippen LogP contribution in [0.15, 0.2) is 29.2 Å². The van der Waals surface area contributed by atoms with Crippen LogP contribution in [0.1, 0.15) is 10.5 Å². The third-order valence-corrected chi connectivity index (χ3v) is 3.82. The first kappa shape index (κ1) is 13.6. The number of carboxylic acids is 1. The molecular formula is C11H9ClN2O4S. The third-order valence-electron chi connectivity index (χ3n) is 2.43. The molecule has 8 heteroatoms. The van der Waals surface area contributed by atoms with Crippen LogP contribution < -0.4 is 0 Å². The summed E-state index contributed by atoms with van der Waals surface area (Å²) in [5.41, 5.74) is 0.341. The molecule has 0 aliphatic heterocycles. The Balaban J connectivity index is 2.66. The Kier molecular flexibility index (Phi) is 3.34. The molecule has 0 radical (unpaired) electrons. The van der Waals surface area contributed by atoms with Gasteiger partial charge in [-0.05, 0) is 24.3 Å². The molecule has 100 valence electrons. The van der Waals surface area contributed by atoms with Crippen LogP contribution in [0.3, 0.4) is 0 Å². The molecule has 0 bridgehead atoms. The number of halogens is 1. The Morgan fingerprint density at radius 1 is 1.37 bits per heavy atom. The summed E-state index contributed by atoms with van der Waals surface area (Å²) in [6.45, 7) is 0. The van der Waals surface area contributed by atoms with Gasteiger partial charge in [0.05, 0.1) is 10.6 Å². The average Bonchev–Trinajstić information content (AvgIpc) is 2.76. The fourth-order valence-electron chi connectivity index (χ4n) is 1.59. The maximum atomic E-state index is 11.7. The van der Waals surface area contributed by atoms with Gasteiger partial charge in [-0.1, -0.05) is 11.6 Å². The number of aromatic nitrogens is 2. The number of rotatable bonds is 3. The minimum absolute atomic E-state index is 0.0420. The average molecular weight is 301 g/mol. The molecule has 0 fully saturated rings. The van der Waals surface area contributed by atoms with Crippen molar-refractivity contribution in [2.24, 2.45) is 0 Å². The van der Waals surface area contributed by atoms with Gasteiger partial charge in [0, 0.05) is 16.8 Å². The van der Waals surface area contributed by atoms with Crippen molar-refractivity contribution in [1.82, 2.24) is 10.2 Å². The van der Waals surface area contributed by atoms with E-state index < -0.39 is 15.8 Å². The molecule has 6 nitrogen and oxygen atoms in total. The maximum absolute atomic E-state index is 11.7. The van der Waals surface area contributed by atoms with Crippen LogP contribution >= 0.6 is 11.6 Å². The summed E-state index contributed by atoms with van der Waals surface area (Å²) in [6, 6.07) is 5.50. The second-order valence-electron chi connectivity index (χ2n) is 3.88. The number of nitrogens with zero attached hydrogens (tertiary/aromatic N) is 1. The quantitative estimate of drug-likeness (QED) is 0.900. The molecule has 1 aromatic heterocycles. The fourth-order valence-corrected chi connectivity index (χ4v) is 2.65. The Labute approximate surface area is 114 Å². The zero-order valence-electron chi connectivity index (χ0n) is 9.71. The van der Waals surface area contributed by atoms with Gasteiger partial charge >= 0.3 is 5.97 Å². The van der Waals surface area contributed by atoms with Crippen molar-refractivity contribution in [2.45, 2.75) is 4.90 Å². The van der Waals surface area contributed by atoms with E-state index in [1.165, 1.54) is 24.3 Å². The number of aromatic carboxylic acids is 1. The number of sulfone groups is 1. The summed E-state index contributed by atoms with van der Waals surface area (Å²) < 4.78 is 23.4. The monoisotopic (exact) mass is 300 g/mol. The highest BCUT2D eigenvalue weighted by molar-refractivity contribution is 7.90. The van der Waals surface area contributed by atoms with Gasteiger partial charge in [-0.3, -0.25) is 5.10 Å². The van der Waals surface area contributed by atoms with Gasteiger partial charge in [-0.2, -0.15) is 5.10 Å². The van der Waals surface area contributed by atoms with Gasteiger partial charge in [0.2, 0.25) is 0 Å². The maximum Gasteiger partial charge on any atom is 0.353 e. The van der Waals surface area contributed by atoms with E-state index >= 15 is 0 Å². The minimum Gasteiger partial charge on any atom is -0.477 e. The molecule has 0 amide bonds. The number of hydrogen-bond donors (Lipinski definition) is 2. The van der Waals surface area contributed by atoms with Gasteiger partial charge in [0.1, 0.15) is 5.69 Å². The predicted octanol–water partition coefficient (Wildman–Crippen LogP) is 1.83. The van der Waals surface area contributed by atoms with E-state index in [2.05, 4.69) is 10.2 Å². The van der Waals surface area contributed by atoms with Gasteiger partial charge in [0.15, 0.2) is 9.84 Å². The summed E-state index contributed by atoms with van der Waals surface area (Å²) in [7, 11) is -3.47. The number of benzene rings is 1. The number of hydrogen-bond acceptors (Lipinski definition) is 4. The van der Waals surface area contributed by atoms with Gasteiger partial charge in [0.25, 0.3) is 0 Å². The van der Waals surface area contributed by atoms with E-state index in [1.807, 2.05) is 0 Å². The first-order valence-electron chi connectivity index (χ1n) is 5.08. The third kappa shape index (κ3) is 2.77. The fraction of sp³-hybridized carbons (Fsp3) is 0.0909. The van der Waals surface area contributed by atoms with E-state index in [-0.39, 0.29) is 21.8 Å². The lowest BCUT2D eigenvalue weighted by molar-refractivity contribution is 0.0690. The number of carboxylic acid groups (broad SMARTS) is 1. The Morgan fingerprint density at radius 2 is 2.05 bits per heavy atom. The standard InChI is InChI=1S/C11H9ClN2O4S/c1-19(17,18)10-3-2-6(12)4-7(10)8-5-9(11(15)16)14-13-8/h2-5H,1H3,(H,13,14)(H,15,16). The van der Waals surface area contributed by atoms with E-state index in [9.17, 15) is 13.2 Å². The first-order chi connectivity index (χ1) is 8.79. The Bertz CT molecular complexity index is 752. The highest BCUT2D eigenvalue weighted by Gasteiger charge is 2.18. The zero-order chi connectivity index (χ0) is 14.2. The molecule has 2 N–H and O–H groups in total. The lowest BCUT2D eigenvalue weighted by atomic mass is 10.1. The van der Waals surface area contributed by atoms with Crippen LogP contribution in [-0.4, -0.2) is 35.9 Å². The van der Waals surface area contributed by atoms with Gasteiger partial charge in [-0.25, -0.2) is 13.2 Å².